The van der Waals surface area contributed by atoms with Gasteiger partial charge in [-0.2, -0.15) is 0 Å². The molecule has 0 radical (unpaired) electrons. The third kappa shape index (κ3) is 11.3. The largest absolute Gasteiger partial charge is 0.484 e. The fraction of sp³-hybridized carbons (Fsp3) is 0.636. The monoisotopic (exact) mass is 516 g/mol. The Balaban J connectivity index is 0.00000420. The fourth-order valence-corrected chi connectivity index (χ4v) is 2.81. The molecule has 6 nitrogen and oxygen atoms in total. The van der Waals surface area contributed by atoms with E-state index in [0.29, 0.717) is 12.1 Å². The Morgan fingerprint density at radius 3 is 2.45 bits per heavy atom. The Morgan fingerprint density at radius 2 is 1.86 bits per heavy atom. The normalized spacial score (nSPS) is 14.7. The summed E-state index contributed by atoms with van der Waals surface area (Å²) in [5, 5.41) is 9.73. The second-order valence-electron chi connectivity index (χ2n) is 8.04. The van der Waals surface area contributed by atoms with Crippen LogP contribution in [0.4, 0.5) is 0 Å². The predicted octanol–water partition coefficient (Wildman–Crippen LogP) is 3.49. The van der Waals surface area contributed by atoms with Crippen molar-refractivity contribution in [2.45, 2.75) is 65.0 Å². The number of hydrogen-bond donors (Lipinski definition) is 3. The molecule has 1 aliphatic rings. The first-order valence-corrected chi connectivity index (χ1v) is 10.4. The number of aliphatic imine (C=N–C) groups is 1. The molecule has 0 bridgehead atoms. The van der Waals surface area contributed by atoms with Gasteiger partial charge in [-0.05, 0) is 62.6 Å². The van der Waals surface area contributed by atoms with Crippen molar-refractivity contribution in [3.8, 4) is 5.75 Å². The van der Waals surface area contributed by atoms with Crippen molar-refractivity contribution in [2.75, 3.05) is 20.2 Å². The topological polar surface area (TPSA) is 74.8 Å². The van der Waals surface area contributed by atoms with E-state index in [9.17, 15) is 4.79 Å². The van der Waals surface area contributed by atoms with Gasteiger partial charge < -0.3 is 20.7 Å². The van der Waals surface area contributed by atoms with Crippen LogP contribution in [0.5, 0.6) is 5.75 Å². The van der Waals surface area contributed by atoms with Gasteiger partial charge in [0.15, 0.2) is 12.6 Å². The quantitative estimate of drug-likeness (QED) is 0.239. The van der Waals surface area contributed by atoms with Crippen molar-refractivity contribution < 1.29 is 9.53 Å². The number of nitrogens with one attached hydrogen (secondary N) is 3. The third-order valence-electron chi connectivity index (χ3n) is 4.73. The number of amides is 1. The standard InChI is InChI=1S/C22H36N4O2.HI/c1-16(2)5-6-17(3)25-22(23-4)24-14-13-18-7-11-20(12-8-18)28-15-21(27)26-19-9-10-19;/h7-8,11-12,16-17,19H,5-6,9-10,13-15H2,1-4H3,(H,26,27)(H2,23,24,25);1H. The molecule has 0 aromatic heterocycles. The van der Waals surface area contributed by atoms with Gasteiger partial charge in [-0.3, -0.25) is 9.79 Å². The van der Waals surface area contributed by atoms with Gasteiger partial charge in [0, 0.05) is 25.7 Å². The number of carbonyl (C=O) groups excluding carboxylic acids is 1. The maximum absolute atomic E-state index is 11.7. The molecule has 1 fully saturated rings. The highest BCUT2D eigenvalue weighted by Crippen LogP contribution is 2.18. The molecule has 164 valence electrons. The number of nitrogens with zero attached hydrogens (tertiary/aromatic N) is 1. The summed E-state index contributed by atoms with van der Waals surface area (Å²) in [6.07, 6.45) is 5.42. The predicted molar refractivity (Wildman–Crippen MR) is 130 cm³/mol. The zero-order chi connectivity index (χ0) is 20.4. The van der Waals surface area contributed by atoms with E-state index < -0.39 is 0 Å². The second kappa shape index (κ2) is 13.7. The Morgan fingerprint density at radius 1 is 1.17 bits per heavy atom. The molecular formula is C22H37IN4O2. The van der Waals surface area contributed by atoms with Crippen molar-refractivity contribution in [3.63, 3.8) is 0 Å². The van der Waals surface area contributed by atoms with Crippen molar-refractivity contribution in [1.82, 2.24) is 16.0 Å². The van der Waals surface area contributed by atoms with Crippen LogP contribution in [0.3, 0.4) is 0 Å². The van der Waals surface area contributed by atoms with Crippen molar-refractivity contribution in [2.24, 2.45) is 10.9 Å². The van der Waals surface area contributed by atoms with E-state index in [2.05, 4.69) is 41.7 Å². The number of hydrogen-bond acceptors (Lipinski definition) is 3. The highest BCUT2D eigenvalue weighted by atomic mass is 127. The number of rotatable bonds is 11. The summed E-state index contributed by atoms with van der Waals surface area (Å²) in [6.45, 7) is 7.58. The van der Waals surface area contributed by atoms with Gasteiger partial charge in [0.2, 0.25) is 0 Å². The maximum Gasteiger partial charge on any atom is 0.258 e. The van der Waals surface area contributed by atoms with Crippen LogP contribution in [0.2, 0.25) is 0 Å². The van der Waals surface area contributed by atoms with Crippen LogP contribution in [-0.2, 0) is 11.2 Å². The van der Waals surface area contributed by atoms with Crippen LogP contribution in [0, 0.1) is 5.92 Å². The molecule has 1 aromatic rings. The molecule has 1 aliphatic carbocycles. The zero-order valence-corrected chi connectivity index (χ0v) is 20.5. The van der Waals surface area contributed by atoms with E-state index in [1.165, 1.54) is 12.0 Å². The van der Waals surface area contributed by atoms with Gasteiger partial charge in [-0.25, -0.2) is 0 Å². The summed E-state index contributed by atoms with van der Waals surface area (Å²) in [4.78, 5) is 16.0. The number of carbonyl (C=O) groups is 1. The summed E-state index contributed by atoms with van der Waals surface area (Å²) in [5.74, 6) is 2.24. The maximum atomic E-state index is 11.7. The van der Waals surface area contributed by atoms with Gasteiger partial charge >= 0.3 is 0 Å². The zero-order valence-electron chi connectivity index (χ0n) is 18.2. The minimum absolute atomic E-state index is 0. The molecule has 1 aromatic carbocycles. The Bertz CT molecular complexity index is 630. The summed E-state index contributed by atoms with van der Waals surface area (Å²) < 4.78 is 5.54. The number of halogens is 1. The van der Waals surface area contributed by atoms with E-state index in [1.807, 2.05) is 24.3 Å². The van der Waals surface area contributed by atoms with Gasteiger partial charge in [-0.1, -0.05) is 26.0 Å². The van der Waals surface area contributed by atoms with E-state index in [0.717, 1.165) is 49.9 Å². The van der Waals surface area contributed by atoms with Gasteiger partial charge in [0.05, 0.1) is 0 Å². The van der Waals surface area contributed by atoms with Crippen LogP contribution in [0.1, 0.15) is 52.0 Å². The van der Waals surface area contributed by atoms with Crippen LogP contribution < -0.4 is 20.7 Å². The van der Waals surface area contributed by atoms with Crippen LogP contribution >= 0.6 is 24.0 Å². The highest BCUT2D eigenvalue weighted by molar-refractivity contribution is 14.0. The molecule has 0 saturated heterocycles. The molecule has 0 spiro atoms. The molecule has 0 aliphatic heterocycles. The Hall–Kier alpha value is -1.51. The summed E-state index contributed by atoms with van der Waals surface area (Å²) >= 11 is 0. The van der Waals surface area contributed by atoms with E-state index in [4.69, 9.17) is 4.74 Å². The SMILES string of the molecule is CN=C(NCCc1ccc(OCC(=O)NC2CC2)cc1)NC(C)CCC(C)C.I. The summed E-state index contributed by atoms with van der Waals surface area (Å²) in [5.41, 5.74) is 1.21. The molecule has 0 heterocycles. The molecular weight excluding hydrogens is 479 g/mol. The first-order chi connectivity index (χ1) is 13.5. The number of guanidine groups is 1. The van der Waals surface area contributed by atoms with Crippen LogP contribution in [0.15, 0.2) is 29.3 Å². The fourth-order valence-electron chi connectivity index (χ4n) is 2.81. The lowest BCUT2D eigenvalue weighted by Crippen LogP contribution is -2.43. The molecule has 29 heavy (non-hydrogen) atoms. The summed E-state index contributed by atoms with van der Waals surface area (Å²) in [6, 6.07) is 8.69. The molecule has 1 atom stereocenters. The average molecular weight is 516 g/mol. The van der Waals surface area contributed by atoms with Crippen molar-refractivity contribution in [1.29, 1.82) is 0 Å². The molecule has 1 amide bonds. The molecule has 1 unspecified atom stereocenters. The lowest BCUT2D eigenvalue weighted by molar-refractivity contribution is -0.123. The number of ether oxygens (including phenoxy) is 1. The van der Waals surface area contributed by atoms with Crippen LogP contribution in [0.25, 0.3) is 0 Å². The lowest BCUT2D eigenvalue weighted by atomic mass is 10.0. The van der Waals surface area contributed by atoms with E-state index >= 15 is 0 Å². The lowest BCUT2D eigenvalue weighted by Gasteiger charge is -2.18. The van der Waals surface area contributed by atoms with Crippen molar-refractivity contribution in [3.05, 3.63) is 29.8 Å². The van der Waals surface area contributed by atoms with E-state index in [-0.39, 0.29) is 36.5 Å². The van der Waals surface area contributed by atoms with Gasteiger partial charge in [0.25, 0.3) is 5.91 Å². The van der Waals surface area contributed by atoms with Crippen molar-refractivity contribution >= 4 is 35.8 Å². The third-order valence-corrected chi connectivity index (χ3v) is 4.73. The molecule has 7 heteroatoms. The number of benzene rings is 1. The Labute approximate surface area is 192 Å². The molecule has 2 rings (SSSR count). The Kier molecular flexibility index (Phi) is 12.0. The highest BCUT2D eigenvalue weighted by Gasteiger charge is 2.23. The smallest absolute Gasteiger partial charge is 0.258 e. The van der Waals surface area contributed by atoms with Gasteiger partial charge in [0.1, 0.15) is 5.75 Å². The van der Waals surface area contributed by atoms with E-state index in [1.54, 1.807) is 7.05 Å². The molecule has 1 saturated carbocycles. The minimum atomic E-state index is -0.0442. The average Bonchev–Trinajstić information content (AvgIpc) is 3.48. The second-order valence-corrected chi connectivity index (χ2v) is 8.04. The first kappa shape index (κ1) is 25.5. The summed E-state index contributed by atoms with van der Waals surface area (Å²) in [7, 11) is 1.80. The first-order valence-electron chi connectivity index (χ1n) is 10.4. The minimum Gasteiger partial charge on any atom is -0.484 e. The van der Waals surface area contributed by atoms with Crippen LogP contribution in [-0.4, -0.2) is 44.1 Å². The van der Waals surface area contributed by atoms with Gasteiger partial charge in [-0.15, -0.1) is 24.0 Å². The molecule has 3 N–H and O–H groups in total.